The SMILES string of the molecule is CCOC(=O)c1ncn(C(C)CCc2ccccc2)c1N. The van der Waals surface area contributed by atoms with E-state index < -0.39 is 5.97 Å². The van der Waals surface area contributed by atoms with Crippen molar-refractivity contribution in [2.45, 2.75) is 32.7 Å². The molecular weight excluding hydrogens is 266 g/mol. The highest BCUT2D eigenvalue weighted by Gasteiger charge is 2.19. The minimum Gasteiger partial charge on any atom is -0.461 e. The molecule has 0 spiro atoms. The van der Waals surface area contributed by atoms with Crippen molar-refractivity contribution in [2.24, 2.45) is 0 Å². The number of aryl methyl sites for hydroxylation is 1. The number of nitrogens with two attached hydrogens (primary N) is 1. The average molecular weight is 287 g/mol. The molecule has 0 bridgehead atoms. The van der Waals surface area contributed by atoms with Gasteiger partial charge in [0.25, 0.3) is 0 Å². The lowest BCUT2D eigenvalue weighted by Gasteiger charge is -2.15. The molecule has 0 aliphatic rings. The lowest BCUT2D eigenvalue weighted by molar-refractivity contribution is 0.0521. The number of hydrogen-bond acceptors (Lipinski definition) is 4. The van der Waals surface area contributed by atoms with Gasteiger partial charge in [-0.15, -0.1) is 0 Å². The van der Waals surface area contributed by atoms with E-state index in [4.69, 9.17) is 10.5 Å². The fourth-order valence-electron chi connectivity index (χ4n) is 2.24. The first-order valence-electron chi connectivity index (χ1n) is 7.16. The molecule has 1 atom stereocenters. The van der Waals surface area contributed by atoms with Gasteiger partial charge in [0.2, 0.25) is 0 Å². The van der Waals surface area contributed by atoms with E-state index in [1.165, 1.54) is 5.56 Å². The van der Waals surface area contributed by atoms with Crippen LogP contribution in [0.15, 0.2) is 36.7 Å². The molecule has 5 nitrogen and oxygen atoms in total. The lowest BCUT2D eigenvalue weighted by Crippen LogP contribution is -2.12. The number of ether oxygens (including phenoxy) is 1. The third kappa shape index (κ3) is 3.62. The molecule has 0 saturated carbocycles. The highest BCUT2D eigenvalue weighted by Crippen LogP contribution is 2.21. The number of hydrogen-bond donors (Lipinski definition) is 1. The molecule has 1 unspecified atom stereocenters. The summed E-state index contributed by atoms with van der Waals surface area (Å²) in [6.07, 6.45) is 3.48. The summed E-state index contributed by atoms with van der Waals surface area (Å²) in [6.45, 7) is 4.14. The van der Waals surface area contributed by atoms with Crippen LogP contribution in [0.1, 0.15) is 42.4 Å². The number of benzene rings is 1. The van der Waals surface area contributed by atoms with Gasteiger partial charge in [0.05, 0.1) is 12.9 Å². The number of carbonyl (C=O) groups is 1. The summed E-state index contributed by atoms with van der Waals surface area (Å²) in [5.41, 5.74) is 7.49. The maximum Gasteiger partial charge on any atom is 0.360 e. The van der Waals surface area contributed by atoms with Gasteiger partial charge in [-0.25, -0.2) is 9.78 Å². The molecule has 1 aromatic carbocycles. The summed E-state index contributed by atoms with van der Waals surface area (Å²) >= 11 is 0. The van der Waals surface area contributed by atoms with E-state index in [1.807, 2.05) is 22.8 Å². The number of nitrogens with zero attached hydrogens (tertiary/aromatic N) is 2. The summed E-state index contributed by atoms with van der Waals surface area (Å²) in [7, 11) is 0. The molecule has 0 amide bonds. The molecule has 0 radical (unpaired) electrons. The van der Waals surface area contributed by atoms with Crippen molar-refractivity contribution >= 4 is 11.8 Å². The Kier molecular flexibility index (Phi) is 4.98. The van der Waals surface area contributed by atoms with E-state index in [9.17, 15) is 4.79 Å². The maximum absolute atomic E-state index is 11.7. The molecule has 0 saturated heterocycles. The Morgan fingerprint density at radius 1 is 1.38 bits per heavy atom. The van der Waals surface area contributed by atoms with Crippen LogP contribution in [0.25, 0.3) is 0 Å². The number of nitrogen functional groups attached to an aromatic ring is 1. The van der Waals surface area contributed by atoms with Crippen LogP contribution >= 0.6 is 0 Å². The van der Waals surface area contributed by atoms with E-state index >= 15 is 0 Å². The zero-order valence-corrected chi connectivity index (χ0v) is 12.5. The third-order valence-electron chi connectivity index (χ3n) is 3.47. The predicted octanol–water partition coefficient (Wildman–Crippen LogP) is 2.84. The quantitative estimate of drug-likeness (QED) is 0.829. The molecule has 0 fully saturated rings. The second-order valence-corrected chi connectivity index (χ2v) is 4.98. The van der Waals surface area contributed by atoms with Crippen LogP contribution in [0.5, 0.6) is 0 Å². The second kappa shape index (κ2) is 6.92. The first-order valence-corrected chi connectivity index (χ1v) is 7.16. The molecular formula is C16H21N3O2. The van der Waals surface area contributed by atoms with Crippen LogP contribution in [0.3, 0.4) is 0 Å². The Bertz CT molecular complexity index is 593. The van der Waals surface area contributed by atoms with Crippen LogP contribution in [0.4, 0.5) is 5.82 Å². The van der Waals surface area contributed by atoms with Gasteiger partial charge < -0.3 is 15.0 Å². The zero-order chi connectivity index (χ0) is 15.2. The van der Waals surface area contributed by atoms with Crippen LogP contribution in [-0.2, 0) is 11.2 Å². The lowest BCUT2D eigenvalue weighted by atomic mass is 10.1. The van der Waals surface area contributed by atoms with Crippen LogP contribution in [0.2, 0.25) is 0 Å². The van der Waals surface area contributed by atoms with E-state index in [1.54, 1.807) is 13.3 Å². The van der Waals surface area contributed by atoms with Crippen molar-refractivity contribution in [2.75, 3.05) is 12.3 Å². The topological polar surface area (TPSA) is 70.1 Å². The largest absolute Gasteiger partial charge is 0.461 e. The highest BCUT2D eigenvalue weighted by molar-refractivity contribution is 5.92. The molecule has 1 heterocycles. The summed E-state index contributed by atoms with van der Waals surface area (Å²) < 4.78 is 6.76. The first kappa shape index (κ1) is 15.1. The summed E-state index contributed by atoms with van der Waals surface area (Å²) in [4.78, 5) is 15.8. The van der Waals surface area contributed by atoms with Crippen molar-refractivity contribution in [3.8, 4) is 0 Å². The zero-order valence-electron chi connectivity index (χ0n) is 12.5. The Morgan fingerprint density at radius 3 is 2.76 bits per heavy atom. The van der Waals surface area contributed by atoms with Gasteiger partial charge in [-0.3, -0.25) is 0 Å². The fraction of sp³-hybridized carbons (Fsp3) is 0.375. The van der Waals surface area contributed by atoms with Crippen molar-refractivity contribution in [1.82, 2.24) is 9.55 Å². The average Bonchev–Trinajstić information content (AvgIpc) is 2.88. The van der Waals surface area contributed by atoms with Gasteiger partial charge in [0.1, 0.15) is 5.82 Å². The molecule has 2 N–H and O–H groups in total. The van der Waals surface area contributed by atoms with Gasteiger partial charge in [0, 0.05) is 6.04 Å². The second-order valence-electron chi connectivity index (χ2n) is 4.98. The Morgan fingerprint density at radius 2 is 2.10 bits per heavy atom. The molecule has 21 heavy (non-hydrogen) atoms. The van der Waals surface area contributed by atoms with Crippen LogP contribution < -0.4 is 5.73 Å². The molecule has 0 aliphatic carbocycles. The molecule has 2 aromatic rings. The smallest absolute Gasteiger partial charge is 0.360 e. The van der Waals surface area contributed by atoms with E-state index in [-0.39, 0.29) is 11.7 Å². The number of imidazole rings is 1. The van der Waals surface area contributed by atoms with Crippen molar-refractivity contribution in [3.63, 3.8) is 0 Å². The minimum absolute atomic E-state index is 0.167. The molecule has 1 aromatic heterocycles. The Hall–Kier alpha value is -2.30. The number of anilines is 1. The fourth-order valence-corrected chi connectivity index (χ4v) is 2.24. The number of rotatable bonds is 6. The first-order chi connectivity index (χ1) is 10.1. The Balaban J connectivity index is 2.03. The van der Waals surface area contributed by atoms with Gasteiger partial charge >= 0.3 is 5.97 Å². The highest BCUT2D eigenvalue weighted by atomic mass is 16.5. The number of aromatic nitrogens is 2. The molecule has 5 heteroatoms. The predicted molar refractivity (Wildman–Crippen MR) is 82.1 cm³/mol. The summed E-state index contributed by atoms with van der Waals surface area (Å²) in [5.74, 6) is -0.0991. The monoisotopic (exact) mass is 287 g/mol. The molecule has 2 rings (SSSR count). The van der Waals surface area contributed by atoms with Crippen molar-refractivity contribution in [1.29, 1.82) is 0 Å². The molecule has 0 aliphatic heterocycles. The van der Waals surface area contributed by atoms with Gasteiger partial charge in [-0.05, 0) is 32.3 Å². The van der Waals surface area contributed by atoms with Gasteiger partial charge in [-0.1, -0.05) is 30.3 Å². The standard InChI is InChI=1S/C16H21N3O2/c1-3-21-16(20)14-15(17)19(11-18-14)12(2)9-10-13-7-5-4-6-8-13/h4-8,11-12H,3,9-10,17H2,1-2H3. The van der Waals surface area contributed by atoms with Crippen molar-refractivity contribution < 1.29 is 9.53 Å². The van der Waals surface area contributed by atoms with Crippen LogP contribution in [0, 0.1) is 0 Å². The minimum atomic E-state index is -0.469. The van der Waals surface area contributed by atoms with Gasteiger partial charge in [-0.2, -0.15) is 0 Å². The van der Waals surface area contributed by atoms with E-state index in [0.717, 1.165) is 12.8 Å². The maximum atomic E-state index is 11.7. The summed E-state index contributed by atoms with van der Waals surface area (Å²) in [5, 5.41) is 0. The van der Waals surface area contributed by atoms with Crippen LogP contribution in [-0.4, -0.2) is 22.1 Å². The normalized spacial score (nSPS) is 12.1. The number of esters is 1. The third-order valence-corrected chi connectivity index (χ3v) is 3.47. The Labute approximate surface area is 124 Å². The van der Waals surface area contributed by atoms with Gasteiger partial charge in [0.15, 0.2) is 5.69 Å². The molecule has 112 valence electrons. The van der Waals surface area contributed by atoms with Crippen molar-refractivity contribution in [3.05, 3.63) is 47.9 Å². The van der Waals surface area contributed by atoms with E-state index in [2.05, 4.69) is 24.0 Å². The number of carbonyl (C=O) groups excluding carboxylic acids is 1. The summed E-state index contributed by atoms with van der Waals surface area (Å²) in [6, 6.07) is 10.4. The van der Waals surface area contributed by atoms with E-state index in [0.29, 0.717) is 12.4 Å².